The normalized spacial score (nSPS) is 10.0. The van der Waals surface area contributed by atoms with Gasteiger partial charge in [0.2, 0.25) is 0 Å². The number of Topliss-reactive ketones (excluding diaryl/α,β-unsaturated/α-hetero) is 1. The summed E-state index contributed by atoms with van der Waals surface area (Å²) in [4.78, 5) is 22.7. The van der Waals surface area contributed by atoms with Gasteiger partial charge in [0.15, 0.2) is 5.78 Å². The van der Waals surface area contributed by atoms with Crippen LogP contribution in [0.4, 0.5) is 0 Å². The predicted molar refractivity (Wildman–Crippen MR) is 80.7 cm³/mol. The number of carboxylic acids is 1. The van der Waals surface area contributed by atoms with E-state index in [9.17, 15) is 9.59 Å². The fraction of sp³-hybridized carbons (Fsp3) is 0.176. The molecule has 0 heterocycles. The summed E-state index contributed by atoms with van der Waals surface area (Å²) in [5.74, 6) is 0.236. The molecule has 22 heavy (non-hydrogen) atoms. The van der Waals surface area contributed by atoms with E-state index in [2.05, 4.69) is 0 Å². The predicted octanol–water partition coefficient (Wildman–Crippen LogP) is 3.54. The highest BCUT2D eigenvalue weighted by molar-refractivity contribution is 6.00. The molecule has 1 N–H and O–H groups in total. The molecule has 0 saturated heterocycles. The number of carbonyl (C=O) groups is 2. The van der Waals surface area contributed by atoms with Gasteiger partial charge in [-0.25, -0.2) is 0 Å². The molecule has 0 radical (unpaired) electrons. The zero-order valence-electron chi connectivity index (χ0n) is 12.1. The second-order valence-corrected chi connectivity index (χ2v) is 4.59. The zero-order valence-corrected chi connectivity index (χ0v) is 12.1. The third-order valence-corrected chi connectivity index (χ3v) is 3.02. The lowest BCUT2D eigenvalue weighted by molar-refractivity contribution is -0.136. The first-order valence-electron chi connectivity index (χ1n) is 6.76. The van der Waals surface area contributed by atoms with E-state index in [1.807, 2.05) is 18.2 Å². The highest BCUT2D eigenvalue weighted by atomic mass is 16.5. The molecule has 0 amide bonds. The molecule has 0 aliphatic heterocycles. The smallest absolute Gasteiger partial charge is 0.303 e. The quantitative estimate of drug-likeness (QED) is 0.792. The van der Waals surface area contributed by atoms with Crippen LogP contribution in [0.5, 0.6) is 17.2 Å². The van der Waals surface area contributed by atoms with E-state index in [1.54, 1.807) is 30.3 Å². The Kier molecular flexibility index (Phi) is 5.14. The van der Waals surface area contributed by atoms with Gasteiger partial charge in [-0.1, -0.05) is 18.2 Å². The molecule has 114 valence electrons. The summed E-state index contributed by atoms with van der Waals surface area (Å²) in [6, 6.07) is 14.1. The van der Waals surface area contributed by atoms with E-state index >= 15 is 0 Å². The topological polar surface area (TPSA) is 72.8 Å². The van der Waals surface area contributed by atoms with Crippen molar-refractivity contribution >= 4 is 11.8 Å². The molecule has 2 aromatic rings. The minimum absolute atomic E-state index is 0.0829. The monoisotopic (exact) mass is 300 g/mol. The highest BCUT2D eigenvalue weighted by Crippen LogP contribution is 2.28. The van der Waals surface area contributed by atoms with Crippen molar-refractivity contribution in [3.63, 3.8) is 0 Å². The average molecular weight is 300 g/mol. The van der Waals surface area contributed by atoms with Gasteiger partial charge in [0.1, 0.15) is 17.2 Å². The first kappa shape index (κ1) is 15.6. The van der Waals surface area contributed by atoms with Crippen LogP contribution in [0.3, 0.4) is 0 Å². The van der Waals surface area contributed by atoms with Crippen LogP contribution in [-0.2, 0) is 4.79 Å². The molecule has 2 aromatic carbocycles. The van der Waals surface area contributed by atoms with Gasteiger partial charge in [-0.2, -0.15) is 0 Å². The van der Waals surface area contributed by atoms with Crippen molar-refractivity contribution in [2.24, 2.45) is 0 Å². The van der Waals surface area contributed by atoms with Crippen LogP contribution in [0.25, 0.3) is 0 Å². The second-order valence-electron chi connectivity index (χ2n) is 4.59. The second kappa shape index (κ2) is 7.26. The molecule has 0 saturated carbocycles. The summed E-state index contributed by atoms with van der Waals surface area (Å²) < 4.78 is 10.8. The van der Waals surface area contributed by atoms with Crippen molar-refractivity contribution in [1.29, 1.82) is 0 Å². The molecule has 0 unspecified atom stereocenters. The fourth-order valence-electron chi connectivity index (χ4n) is 1.95. The lowest BCUT2D eigenvalue weighted by Crippen LogP contribution is -2.06. The van der Waals surface area contributed by atoms with E-state index in [1.165, 1.54) is 7.11 Å². The Hall–Kier alpha value is -2.82. The Morgan fingerprint density at radius 2 is 1.73 bits per heavy atom. The number of benzene rings is 2. The van der Waals surface area contributed by atoms with Gasteiger partial charge in [-0.3, -0.25) is 9.59 Å². The summed E-state index contributed by atoms with van der Waals surface area (Å²) in [6.07, 6.45) is -0.299. The molecule has 5 heteroatoms. The molecule has 0 spiro atoms. The fourth-order valence-corrected chi connectivity index (χ4v) is 1.95. The lowest BCUT2D eigenvalue weighted by Gasteiger charge is -2.11. The van der Waals surface area contributed by atoms with E-state index in [0.29, 0.717) is 22.8 Å². The summed E-state index contributed by atoms with van der Waals surface area (Å²) in [7, 11) is 1.46. The number of rotatable bonds is 7. The third-order valence-electron chi connectivity index (χ3n) is 3.02. The Morgan fingerprint density at radius 3 is 2.36 bits per heavy atom. The van der Waals surface area contributed by atoms with E-state index in [0.717, 1.165) is 0 Å². The Bertz CT molecular complexity index is 664. The highest BCUT2D eigenvalue weighted by Gasteiger charge is 2.15. The number of ketones is 1. The Labute approximate surface area is 128 Å². The largest absolute Gasteiger partial charge is 0.496 e. The van der Waals surface area contributed by atoms with Crippen molar-refractivity contribution in [2.75, 3.05) is 7.11 Å². The molecular weight excluding hydrogens is 284 g/mol. The maximum atomic E-state index is 12.1. The maximum absolute atomic E-state index is 12.1. The van der Waals surface area contributed by atoms with Crippen molar-refractivity contribution in [3.8, 4) is 17.2 Å². The van der Waals surface area contributed by atoms with Crippen molar-refractivity contribution < 1.29 is 24.2 Å². The maximum Gasteiger partial charge on any atom is 0.303 e. The van der Waals surface area contributed by atoms with Gasteiger partial charge in [0, 0.05) is 6.42 Å². The van der Waals surface area contributed by atoms with Crippen LogP contribution < -0.4 is 9.47 Å². The van der Waals surface area contributed by atoms with Crippen molar-refractivity contribution in [2.45, 2.75) is 12.8 Å². The number of hydrogen-bond acceptors (Lipinski definition) is 4. The average Bonchev–Trinajstić information content (AvgIpc) is 2.53. The van der Waals surface area contributed by atoms with Crippen LogP contribution in [0.2, 0.25) is 0 Å². The minimum atomic E-state index is -1.01. The van der Waals surface area contributed by atoms with Crippen LogP contribution in [0.1, 0.15) is 23.2 Å². The molecular formula is C17H16O5. The van der Waals surface area contributed by atoms with E-state index < -0.39 is 5.97 Å². The summed E-state index contributed by atoms with van der Waals surface area (Å²) >= 11 is 0. The number of hydrogen-bond donors (Lipinski definition) is 1. The molecule has 0 aliphatic rings. The molecule has 5 nitrogen and oxygen atoms in total. The zero-order chi connectivity index (χ0) is 15.9. The molecule has 0 atom stereocenters. The van der Waals surface area contributed by atoms with E-state index in [-0.39, 0.29) is 18.6 Å². The first-order chi connectivity index (χ1) is 10.6. The molecule has 0 aliphatic carbocycles. The minimum Gasteiger partial charge on any atom is -0.496 e. The number of methoxy groups -OCH3 is 1. The van der Waals surface area contributed by atoms with Crippen molar-refractivity contribution in [3.05, 3.63) is 54.1 Å². The first-order valence-corrected chi connectivity index (χ1v) is 6.76. The molecule has 0 bridgehead atoms. The van der Waals surface area contributed by atoms with Gasteiger partial charge < -0.3 is 14.6 Å². The number of ether oxygens (including phenoxy) is 2. The van der Waals surface area contributed by atoms with Gasteiger partial charge >= 0.3 is 5.97 Å². The number of para-hydroxylation sites is 1. The van der Waals surface area contributed by atoms with Gasteiger partial charge in [0.05, 0.1) is 19.1 Å². The van der Waals surface area contributed by atoms with Crippen LogP contribution >= 0.6 is 0 Å². The molecule has 2 rings (SSSR count). The van der Waals surface area contributed by atoms with Gasteiger partial charge in [0.25, 0.3) is 0 Å². The lowest BCUT2D eigenvalue weighted by atomic mass is 10.1. The van der Waals surface area contributed by atoms with E-state index in [4.69, 9.17) is 14.6 Å². The number of carbonyl (C=O) groups excluding carboxylic acids is 1. The Balaban J connectivity index is 2.22. The standard InChI is InChI=1S/C17H16O5/c1-21-16-9-7-13(22-12-5-3-2-4-6-12)11-14(16)15(18)8-10-17(19)20/h2-7,9,11H,8,10H2,1H3,(H,19,20). The molecule has 0 aromatic heterocycles. The summed E-state index contributed by atoms with van der Waals surface area (Å²) in [5, 5.41) is 8.68. The van der Waals surface area contributed by atoms with Gasteiger partial charge in [-0.05, 0) is 30.3 Å². The van der Waals surface area contributed by atoms with Crippen LogP contribution in [-0.4, -0.2) is 24.0 Å². The number of carboxylic acid groups (broad SMARTS) is 1. The SMILES string of the molecule is COc1ccc(Oc2ccccc2)cc1C(=O)CCC(=O)O. The van der Waals surface area contributed by atoms with Crippen LogP contribution in [0.15, 0.2) is 48.5 Å². The van der Waals surface area contributed by atoms with Gasteiger partial charge in [-0.15, -0.1) is 0 Å². The Morgan fingerprint density at radius 1 is 1.00 bits per heavy atom. The van der Waals surface area contributed by atoms with Crippen LogP contribution in [0, 0.1) is 0 Å². The third kappa shape index (κ3) is 4.09. The summed E-state index contributed by atoms with van der Waals surface area (Å²) in [6.45, 7) is 0. The summed E-state index contributed by atoms with van der Waals surface area (Å²) in [5.41, 5.74) is 0.317. The van der Waals surface area contributed by atoms with Crippen molar-refractivity contribution in [1.82, 2.24) is 0 Å². The molecule has 0 fully saturated rings. The number of aliphatic carboxylic acids is 1.